The van der Waals surface area contributed by atoms with Crippen LogP contribution in [0.15, 0.2) is 24.3 Å². The Bertz CT molecular complexity index is 445. The zero-order valence-electron chi connectivity index (χ0n) is 14.7. The number of methoxy groups -OCH3 is 1. The second-order valence-electron chi connectivity index (χ2n) is 6.85. The van der Waals surface area contributed by atoms with E-state index in [1.807, 2.05) is 0 Å². The predicted octanol–water partition coefficient (Wildman–Crippen LogP) is 5.02. The van der Waals surface area contributed by atoms with Crippen molar-refractivity contribution >= 4 is 0 Å². The molecule has 1 aromatic rings. The number of rotatable bonds is 9. The largest absolute Gasteiger partial charge is 0.497 e. The summed E-state index contributed by atoms with van der Waals surface area (Å²) in [5.41, 5.74) is 1.82. The Kier molecular flexibility index (Phi) is 6.75. The van der Waals surface area contributed by atoms with Crippen molar-refractivity contribution in [3.8, 4) is 5.75 Å². The zero-order valence-corrected chi connectivity index (χ0v) is 14.7. The summed E-state index contributed by atoms with van der Waals surface area (Å²) in [5, 5.41) is 0. The molecule has 1 heterocycles. The molecule has 0 aliphatic carbocycles. The van der Waals surface area contributed by atoms with Gasteiger partial charge in [-0.25, -0.2) is 0 Å². The summed E-state index contributed by atoms with van der Waals surface area (Å²) >= 11 is 0. The topological polar surface area (TPSA) is 12.5 Å². The molecular weight excluding hydrogens is 270 g/mol. The first-order chi connectivity index (χ1) is 10.7. The van der Waals surface area contributed by atoms with Crippen LogP contribution in [0.2, 0.25) is 0 Å². The van der Waals surface area contributed by atoms with Crippen molar-refractivity contribution < 1.29 is 4.74 Å². The molecule has 22 heavy (non-hydrogen) atoms. The molecule has 2 nitrogen and oxygen atoms in total. The first-order valence-electron chi connectivity index (χ1n) is 9.11. The second-order valence-corrected chi connectivity index (χ2v) is 6.85. The van der Waals surface area contributed by atoms with Crippen LogP contribution in [0.5, 0.6) is 5.75 Å². The van der Waals surface area contributed by atoms with Gasteiger partial charge < -0.3 is 9.64 Å². The minimum Gasteiger partial charge on any atom is -0.497 e. The Labute approximate surface area is 136 Å². The van der Waals surface area contributed by atoms with Gasteiger partial charge in [0.05, 0.1) is 7.11 Å². The molecule has 0 saturated carbocycles. The van der Waals surface area contributed by atoms with Gasteiger partial charge in [0.15, 0.2) is 0 Å². The third kappa shape index (κ3) is 4.25. The van der Waals surface area contributed by atoms with Crippen molar-refractivity contribution in [2.45, 2.75) is 64.2 Å². The van der Waals surface area contributed by atoms with E-state index in [1.54, 1.807) is 7.11 Å². The first kappa shape index (κ1) is 17.3. The highest BCUT2D eigenvalue weighted by Crippen LogP contribution is 2.39. The lowest BCUT2D eigenvalue weighted by atomic mass is 9.76. The quantitative estimate of drug-likeness (QED) is 0.594. The van der Waals surface area contributed by atoms with E-state index in [-0.39, 0.29) is 0 Å². The van der Waals surface area contributed by atoms with Crippen LogP contribution >= 0.6 is 0 Å². The molecule has 1 saturated heterocycles. The summed E-state index contributed by atoms with van der Waals surface area (Å²) in [6, 6.07) is 8.77. The molecule has 1 atom stereocenters. The van der Waals surface area contributed by atoms with Crippen LogP contribution in [0, 0.1) is 0 Å². The number of likely N-dealkylation sites (tertiary alicyclic amines) is 1. The highest BCUT2D eigenvalue weighted by atomic mass is 16.5. The molecule has 124 valence electrons. The minimum atomic E-state index is 0.341. The summed E-state index contributed by atoms with van der Waals surface area (Å²) in [7, 11) is 1.76. The fourth-order valence-electron chi connectivity index (χ4n) is 3.93. The van der Waals surface area contributed by atoms with Crippen LogP contribution in [0.3, 0.4) is 0 Å². The van der Waals surface area contributed by atoms with Gasteiger partial charge in [-0.2, -0.15) is 0 Å². The van der Waals surface area contributed by atoms with E-state index in [9.17, 15) is 0 Å². The first-order valence-corrected chi connectivity index (χ1v) is 9.11. The van der Waals surface area contributed by atoms with E-state index in [2.05, 4.69) is 43.0 Å². The van der Waals surface area contributed by atoms with Crippen molar-refractivity contribution in [2.75, 3.05) is 26.7 Å². The number of benzene rings is 1. The smallest absolute Gasteiger partial charge is 0.119 e. The number of ether oxygens (including phenoxy) is 1. The number of nitrogens with zero attached hydrogens (tertiary/aromatic N) is 1. The second kappa shape index (κ2) is 8.57. The fourth-order valence-corrected chi connectivity index (χ4v) is 3.93. The molecule has 2 heteroatoms. The van der Waals surface area contributed by atoms with Crippen molar-refractivity contribution in [3.63, 3.8) is 0 Å². The lowest BCUT2D eigenvalue weighted by Crippen LogP contribution is -2.31. The van der Waals surface area contributed by atoms with Crippen LogP contribution in [-0.4, -0.2) is 31.6 Å². The molecule has 1 aliphatic rings. The molecule has 1 aliphatic heterocycles. The molecule has 0 amide bonds. The standard InChI is InChI=1S/C20H33NO/c1-4-6-7-8-14-21-15-13-20(17-21,12-5-2)18-10-9-11-19(16-18)22-3/h9-11,16H,4-8,12-15,17H2,1-3H3/t20-/m1/s1. The van der Waals surface area contributed by atoms with Crippen molar-refractivity contribution in [3.05, 3.63) is 29.8 Å². The Hall–Kier alpha value is -1.02. The summed E-state index contributed by atoms with van der Waals surface area (Å²) in [6.07, 6.45) is 9.27. The maximum Gasteiger partial charge on any atom is 0.119 e. The van der Waals surface area contributed by atoms with Gasteiger partial charge in [-0.1, -0.05) is 51.7 Å². The highest BCUT2D eigenvalue weighted by molar-refractivity contribution is 5.35. The monoisotopic (exact) mass is 303 g/mol. The van der Waals surface area contributed by atoms with Crippen LogP contribution in [-0.2, 0) is 5.41 Å². The van der Waals surface area contributed by atoms with Gasteiger partial charge in [0, 0.05) is 12.0 Å². The third-order valence-corrected chi connectivity index (χ3v) is 5.17. The van der Waals surface area contributed by atoms with E-state index in [1.165, 1.54) is 70.1 Å². The van der Waals surface area contributed by atoms with Gasteiger partial charge in [-0.05, 0) is 50.0 Å². The zero-order chi connectivity index (χ0) is 15.8. The van der Waals surface area contributed by atoms with Gasteiger partial charge in [-0.3, -0.25) is 0 Å². The molecule has 0 bridgehead atoms. The van der Waals surface area contributed by atoms with Crippen molar-refractivity contribution in [2.24, 2.45) is 0 Å². The third-order valence-electron chi connectivity index (χ3n) is 5.17. The summed E-state index contributed by atoms with van der Waals surface area (Å²) in [5.74, 6) is 0.995. The maximum atomic E-state index is 5.44. The Balaban J connectivity index is 2.03. The average molecular weight is 303 g/mol. The van der Waals surface area contributed by atoms with Gasteiger partial charge in [-0.15, -0.1) is 0 Å². The van der Waals surface area contributed by atoms with Gasteiger partial charge in [0.25, 0.3) is 0 Å². The number of hydrogen-bond acceptors (Lipinski definition) is 2. The number of hydrogen-bond donors (Lipinski definition) is 0. The molecule has 0 spiro atoms. The molecular formula is C20H33NO. The Morgan fingerprint density at radius 1 is 1.14 bits per heavy atom. The molecule has 2 rings (SSSR count). The van der Waals surface area contributed by atoms with E-state index < -0.39 is 0 Å². The SMILES string of the molecule is CCCCCCN1CC[C@@](CCC)(c2cccc(OC)c2)C1. The maximum absolute atomic E-state index is 5.44. The van der Waals surface area contributed by atoms with E-state index >= 15 is 0 Å². The van der Waals surface area contributed by atoms with Crippen LogP contribution in [0.25, 0.3) is 0 Å². The summed E-state index contributed by atoms with van der Waals surface area (Å²) in [4.78, 5) is 2.69. The molecule has 0 radical (unpaired) electrons. The molecule has 0 aromatic heterocycles. The van der Waals surface area contributed by atoms with E-state index in [4.69, 9.17) is 4.74 Å². The lowest BCUT2D eigenvalue weighted by Gasteiger charge is -2.30. The van der Waals surface area contributed by atoms with Gasteiger partial charge in [0.1, 0.15) is 5.75 Å². The fraction of sp³-hybridized carbons (Fsp3) is 0.700. The molecule has 0 N–H and O–H groups in total. The highest BCUT2D eigenvalue weighted by Gasteiger charge is 2.38. The van der Waals surface area contributed by atoms with Gasteiger partial charge >= 0.3 is 0 Å². The van der Waals surface area contributed by atoms with Crippen LogP contribution in [0.1, 0.15) is 64.4 Å². The Morgan fingerprint density at radius 2 is 2.00 bits per heavy atom. The summed E-state index contributed by atoms with van der Waals surface area (Å²) in [6.45, 7) is 8.34. The number of unbranched alkanes of at least 4 members (excludes halogenated alkanes) is 3. The normalized spacial score (nSPS) is 22.1. The van der Waals surface area contributed by atoms with Crippen LogP contribution in [0.4, 0.5) is 0 Å². The Morgan fingerprint density at radius 3 is 2.73 bits per heavy atom. The lowest BCUT2D eigenvalue weighted by molar-refractivity contribution is 0.294. The predicted molar refractivity (Wildman–Crippen MR) is 94.8 cm³/mol. The van der Waals surface area contributed by atoms with E-state index in [0.29, 0.717) is 5.41 Å². The van der Waals surface area contributed by atoms with Crippen molar-refractivity contribution in [1.29, 1.82) is 0 Å². The van der Waals surface area contributed by atoms with Gasteiger partial charge in [0.2, 0.25) is 0 Å². The molecule has 1 aromatic carbocycles. The minimum absolute atomic E-state index is 0.341. The van der Waals surface area contributed by atoms with E-state index in [0.717, 1.165) is 5.75 Å². The van der Waals surface area contributed by atoms with Crippen molar-refractivity contribution in [1.82, 2.24) is 4.90 Å². The molecule has 1 fully saturated rings. The molecule has 0 unspecified atom stereocenters. The summed E-state index contributed by atoms with van der Waals surface area (Å²) < 4.78 is 5.44. The average Bonchev–Trinajstić information content (AvgIpc) is 2.96. The van der Waals surface area contributed by atoms with Crippen LogP contribution < -0.4 is 4.74 Å².